The Balaban J connectivity index is 3.06. The minimum Gasteiger partial charge on any atom is -0.506 e. The van der Waals surface area contributed by atoms with E-state index in [1.807, 2.05) is 0 Å². The molecule has 0 saturated carbocycles. The summed E-state index contributed by atoms with van der Waals surface area (Å²) in [5.41, 5.74) is 0.428. The fraction of sp³-hybridized carbons (Fsp3) is 0. The zero-order valence-corrected chi connectivity index (χ0v) is 10.1. The second-order valence-electron chi connectivity index (χ2n) is 2.14. The fourth-order valence-electron chi connectivity index (χ4n) is 0.725. The summed E-state index contributed by atoms with van der Waals surface area (Å²) in [7, 11) is 0. The van der Waals surface area contributed by atoms with E-state index >= 15 is 0 Å². The van der Waals surface area contributed by atoms with E-state index < -0.39 is 11.3 Å². The number of phenolic OH excluding ortho intramolecular Hbond substituents is 1. The first-order valence-corrected chi connectivity index (χ1v) is 5.75. The molecule has 13 heavy (non-hydrogen) atoms. The quantitative estimate of drug-likeness (QED) is 0.576. The van der Waals surface area contributed by atoms with Gasteiger partial charge in [0.1, 0.15) is 5.75 Å². The lowest BCUT2D eigenvalue weighted by atomic mass is 10.3. The van der Waals surface area contributed by atoms with Gasteiger partial charge in [0.05, 0.1) is 14.6 Å². The van der Waals surface area contributed by atoms with Gasteiger partial charge in [0, 0.05) is 0 Å². The number of nitrogens with one attached hydrogen (secondary N) is 1. The van der Waals surface area contributed by atoms with Crippen LogP contribution in [-0.2, 0) is 11.3 Å². The van der Waals surface area contributed by atoms with Crippen LogP contribution in [0, 0.1) is 0 Å². The topological polar surface area (TPSA) is 69.6 Å². The van der Waals surface area contributed by atoms with Crippen LogP contribution in [0.4, 0.5) is 5.69 Å². The van der Waals surface area contributed by atoms with E-state index in [4.69, 9.17) is 4.55 Å². The van der Waals surface area contributed by atoms with Crippen molar-refractivity contribution in [2.24, 2.45) is 0 Å². The summed E-state index contributed by atoms with van der Waals surface area (Å²) >= 11 is 4.06. The zero-order valence-electron chi connectivity index (χ0n) is 6.12. The van der Waals surface area contributed by atoms with Crippen molar-refractivity contribution in [3.8, 4) is 5.75 Å². The van der Waals surface area contributed by atoms with Crippen LogP contribution in [0.5, 0.6) is 5.75 Å². The Kier molecular flexibility index (Phi) is 3.72. The zero-order chi connectivity index (χ0) is 10.0. The number of anilines is 1. The monoisotopic (exact) mass is 329 g/mol. The molecule has 0 radical (unpaired) electrons. The van der Waals surface area contributed by atoms with Gasteiger partial charge in [-0.3, -0.25) is 9.27 Å². The van der Waals surface area contributed by atoms with Crippen LogP contribution in [0.3, 0.4) is 0 Å². The molecule has 4 nitrogen and oxygen atoms in total. The van der Waals surface area contributed by atoms with Gasteiger partial charge in [-0.1, -0.05) is 0 Å². The molecular formula is C6H5Br2NO3S. The molecule has 1 rings (SSSR count). The van der Waals surface area contributed by atoms with Crippen LogP contribution in [-0.4, -0.2) is 13.9 Å². The molecular weight excluding hydrogens is 326 g/mol. The van der Waals surface area contributed by atoms with Gasteiger partial charge in [-0.25, -0.2) is 4.21 Å². The molecule has 1 aromatic rings. The largest absolute Gasteiger partial charge is 0.506 e. The molecule has 0 fully saturated rings. The fourth-order valence-corrected chi connectivity index (χ4v) is 2.23. The highest BCUT2D eigenvalue weighted by molar-refractivity contribution is 9.11. The summed E-state index contributed by atoms with van der Waals surface area (Å²) in [6.45, 7) is 0. The van der Waals surface area contributed by atoms with E-state index in [1.165, 1.54) is 12.1 Å². The average Bonchev–Trinajstić information content (AvgIpc) is 1.98. The average molecular weight is 331 g/mol. The Bertz CT molecular complexity index is 335. The highest BCUT2D eigenvalue weighted by atomic mass is 79.9. The van der Waals surface area contributed by atoms with Crippen molar-refractivity contribution < 1.29 is 13.9 Å². The molecule has 0 saturated heterocycles. The second-order valence-corrected chi connectivity index (χ2v) is 4.55. The standard InChI is InChI=1S/C6H5Br2NO3S/c7-4-1-3(9-13(11)12)2-5(8)6(4)10/h1-2,9-10H,(H,11,12). The van der Waals surface area contributed by atoms with E-state index in [0.717, 1.165) is 0 Å². The number of phenols is 1. The van der Waals surface area contributed by atoms with Crippen molar-refractivity contribution in [2.45, 2.75) is 0 Å². The van der Waals surface area contributed by atoms with Gasteiger partial charge in [-0.15, -0.1) is 0 Å². The molecule has 0 heterocycles. The first-order chi connectivity index (χ1) is 6.00. The number of hydrogen-bond donors (Lipinski definition) is 3. The number of hydrogen-bond acceptors (Lipinski definition) is 2. The number of aromatic hydroxyl groups is 1. The van der Waals surface area contributed by atoms with Crippen LogP contribution < -0.4 is 4.72 Å². The van der Waals surface area contributed by atoms with E-state index in [-0.39, 0.29) is 5.75 Å². The van der Waals surface area contributed by atoms with Crippen molar-refractivity contribution in [2.75, 3.05) is 4.72 Å². The highest BCUT2D eigenvalue weighted by Gasteiger charge is 2.06. The summed E-state index contributed by atoms with van der Waals surface area (Å²) in [6, 6.07) is 2.99. The molecule has 72 valence electrons. The van der Waals surface area contributed by atoms with Crippen molar-refractivity contribution in [3.63, 3.8) is 0 Å². The molecule has 0 aliphatic rings. The van der Waals surface area contributed by atoms with Gasteiger partial charge >= 0.3 is 0 Å². The third-order valence-corrected chi connectivity index (χ3v) is 2.84. The highest BCUT2D eigenvalue weighted by Crippen LogP contribution is 2.35. The predicted molar refractivity (Wildman–Crippen MR) is 57.9 cm³/mol. The minimum absolute atomic E-state index is 0.0503. The lowest BCUT2D eigenvalue weighted by molar-refractivity contribution is 0.468. The van der Waals surface area contributed by atoms with Crippen LogP contribution in [0.15, 0.2) is 21.1 Å². The van der Waals surface area contributed by atoms with Gasteiger partial charge in [-0.2, -0.15) is 0 Å². The van der Waals surface area contributed by atoms with Crippen LogP contribution in [0.1, 0.15) is 0 Å². The lowest BCUT2D eigenvalue weighted by Crippen LogP contribution is -2.01. The van der Waals surface area contributed by atoms with Crippen molar-refractivity contribution in [3.05, 3.63) is 21.1 Å². The normalized spacial score (nSPS) is 12.5. The van der Waals surface area contributed by atoms with Gasteiger partial charge in [0.2, 0.25) is 0 Å². The maximum Gasteiger partial charge on any atom is 0.259 e. The Hall–Kier alpha value is -0.110. The smallest absolute Gasteiger partial charge is 0.259 e. The first-order valence-electron chi connectivity index (χ1n) is 3.06. The molecule has 1 atom stereocenters. The number of halogens is 2. The van der Waals surface area contributed by atoms with Crippen LogP contribution >= 0.6 is 31.9 Å². The molecule has 1 unspecified atom stereocenters. The molecule has 0 aliphatic carbocycles. The predicted octanol–water partition coefficient (Wildman–Crippen LogP) is 2.47. The van der Waals surface area contributed by atoms with Gasteiger partial charge < -0.3 is 5.11 Å². The molecule has 0 bridgehead atoms. The Morgan fingerprint density at radius 2 is 1.77 bits per heavy atom. The number of rotatable bonds is 2. The molecule has 0 spiro atoms. The number of benzene rings is 1. The Morgan fingerprint density at radius 3 is 2.15 bits per heavy atom. The Labute approximate surface area is 94.0 Å². The summed E-state index contributed by atoms with van der Waals surface area (Å²) in [5.74, 6) is 0.0503. The van der Waals surface area contributed by atoms with Gasteiger partial charge in [0.15, 0.2) is 0 Å². The molecule has 0 aliphatic heterocycles. The second kappa shape index (κ2) is 4.41. The Morgan fingerprint density at radius 1 is 1.31 bits per heavy atom. The van der Waals surface area contributed by atoms with E-state index in [0.29, 0.717) is 14.6 Å². The van der Waals surface area contributed by atoms with Crippen molar-refractivity contribution >= 4 is 48.8 Å². The minimum atomic E-state index is -2.11. The summed E-state index contributed by atoms with van der Waals surface area (Å²) < 4.78 is 22.1. The van der Waals surface area contributed by atoms with E-state index in [2.05, 4.69) is 36.6 Å². The van der Waals surface area contributed by atoms with E-state index in [9.17, 15) is 9.32 Å². The van der Waals surface area contributed by atoms with Gasteiger partial charge in [-0.05, 0) is 44.0 Å². The molecule has 3 N–H and O–H groups in total. The van der Waals surface area contributed by atoms with Gasteiger partial charge in [0.25, 0.3) is 11.3 Å². The molecule has 0 aromatic heterocycles. The summed E-state index contributed by atoms with van der Waals surface area (Å²) in [4.78, 5) is 0. The van der Waals surface area contributed by atoms with Crippen molar-refractivity contribution in [1.29, 1.82) is 0 Å². The van der Waals surface area contributed by atoms with Crippen LogP contribution in [0.25, 0.3) is 0 Å². The summed E-state index contributed by atoms with van der Waals surface area (Å²) in [6.07, 6.45) is 0. The third kappa shape index (κ3) is 2.94. The lowest BCUT2D eigenvalue weighted by Gasteiger charge is -2.05. The first kappa shape index (κ1) is 11.0. The maximum atomic E-state index is 10.4. The molecule has 1 aromatic carbocycles. The SMILES string of the molecule is O=S(O)Nc1cc(Br)c(O)c(Br)c1. The maximum absolute atomic E-state index is 10.4. The summed E-state index contributed by atoms with van der Waals surface area (Å²) in [5, 5.41) is 9.30. The molecule has 0 amide bonds. The van der Waals surface area contributed by atoms with E-state index in [1.54, 1.807) is 0 Å². The van der Waals surface area contributed by atoms with Crippen LogP contribution in [0.2, 0.25) is 0 Å². The third-order valence-electron chi connectivity index (χ3n) is 1.22. The molecule has 7 heteroatoms. The van der Waals surface area contributed by atoms with Crippen molar-refractivity contribution in [1.82, 2.24) is 0 Å².